The zero-order valence-corrected chi connectivity index (χ0v) is 13.7. The molecule has 25 heavy (non-hydrogen) atoms. The molecule has 2 atom stereocenters. The Morgan fingerprint density at radius 2 is 1.76 bits per heavy atom. The predicted molar refractivity (Wildman–Crippen MR) is 94.0 cm³/mol. The Balaban J connectivity index is 1.83. The first kappa shape index (κ1) is 14.9. The van der Waals surface area contributed by atoms with Gasteiger partial charge in [0.1, 0.15) is 11.2 Å². The number of benzene rings is 2. The van der Waals surface area contributed by atoms with Gasteiger partial charge < -0.3 is 13.9 Å². The van der Waals surface area contributed by atoms with Crippen molar-refractivity contribution in [1.82, 2.24) is 0 Å². The second-order valence-electron chi connectivity index (χ2n) is 6.76. The first-order valence-corrected chi connectivity index (χ1v) is 8.60. The molecule has 4 heteroatoms. The van der Waals surface area contributed by atoms with E-state index in [0.29, 0.717) is 31.8 Å². The number of hydrogen-bond donors (Lipinski definition) is 0. The van der Waals surface area contributed by atoms with Gasteiger partial charge in [-0.2, -0.15) is 0 Å². The number of fused-ring (bicyclic) bond motifs is 3. The number of para-hydroxylation sites is 1. The first-order valence-electron chi connectivity index (χ1n) is 8.60. The number of rotatable bonds is 1. The van der Waals surface area contributed by atoms with Crippen LogP contribution in [0.2, 0.25) is 0 Å². The van der Waals surface area contributed by atoms with Crippen LogP contribution in [0.3, 0.4) is 0 Å². The van der Waals surface area contributed by atoms with Gasteiger partial charge in [-0.1, -0.05) is 48.5 Å². The maximum atomic E-state index is 12.7. The molecule has 2 aliphatic rings. The minimum Gasteiger partial charge on any atom is -0.423 e. The van der Waals surface area contributed by atoms with Gasteiger partial charge in [0.25, 0.3) is 0 Å². The van der Waals surface area contributed by atoms with Crippen LogP contribution in [0.4, 0.5) is 0 Å². The standard InChI is InChI=1S/C21H18O4/c22-20-16-12-21(13-23-10-11-24-21)19(14-6-2-1-3-7-14)18(16)15-8-4-5-9-17(15)25-20/h1-9,19H,10-13H2. The SMILES string of the molecule is O=c1oc2ccccc2c2c1CC1(COCCO1)C2c1ccccc1. The maximum Gasteiger partial charge on any atom is 0.339 e. The van der Waals surface area contributed by atoms with Crippen molar-refractivity contribution in [3.8, 4) is 0 Å². The first-order chi connectivity index (χ1) is 12.3. The molecule has 1 fully saturated rings. The average molecular weight is 334 g/mol. The van der Waals surface area contributed by atoms with E-state index in [1.807, 2.05) is 42.5 Å². The van der Waals surface area contributed by atoms with E-state index in [1.54, 1.807) is 0 Å². The zero-order chi connectivity index (χ0) is 16.9. The van der Waals surface area contributed by atoms with Crippen molar-refractivity contribution >= 4 is 11.0 Å². The summed E-state index contributed by atoms with van der Waals surface area (Å²) < 4.78 is 17.6. The summed E-state index contributed by atoms with van der Waals surface area (Å²) in [6, 6.07) is 18.0. The average Bonchev–Trinajstić information content (AvgIpc) is 2.98. The van der Waals surface area contributed by atoms with E-state index in [2.05, 4.69) is 12.1 Å². The highest BCUT2D eigenvalue weighted by molar-refractivity contribution is 5.83. The van der Waals surface area contributed by atoms with Crippen LogP contribution in [0.1, 0.15) is 22.6 Å². The summed E-state index contributed by atoms with van der Waals surface area (Å²) >= 11 is 0. The highest BCUT2D eigenvalue weighted by Gasteiger charge is 2.51. The normalized spacial score (nSPS) is 25.4. The number of hydrogen-bond acceptors (Lipinski definition) is 4. The third kappa shape index (κ3) is 2.18. The molecule has 2 aromatic carbocycles. The molecule has 0 saturated carbocycles. The Morgan fingerprint density at radius 1 is 0.960 bits per heavy atom. The molecule has 1 aliphatic carbocycles. The summed E-state index contributed by atoms with van der Waals surface area (Å²) in [7, 11) is 0. The molecule has 1 saturated heterocycles. The van der Waals surface area contributed by atoms with E-state index in [-0.39, 0.29) is 11.5 Å². The van der Waals surface area contributed by atoms with Crippen LogP contribution >= 0.6 is 0 Å². The summed E-state index contributed by atoms with van der Waals surface area (Å²) in [5, 5.41) is 0.983. The van der Waals surface area contributed by atoms with Crippen LogP contribution in [0.25, 0.3) is 11.0 Å². The van der Waals surface area contributed by atoms with E-state index < -0.39 is 5.60 Å². The molecule has 1 spiro atoms. The van der Waals surface area contributed by atoms with Crippen molar-refractivity contribution in [2.24, 2.45) is 0 Å². The molecular formula is C21H18O4. The maximum absolute atomic E-state index is 12.7. The van der Waals surface area contributed by atoms with E-state index in [0.717, 1.165) is 22.1 Å². The van der Waals surface area contributed by atoms with Crippen LogP contribution in [-0.2, 0) is 15.9 Å². The van der Waals surface area contributed by atoms with Crippen molar-refractivity contribution in [2.75, 3.05) is 19.8 Å². The lowest BCUT2D eigenvalue weighted by molar-refractivity contribution is -0.158. The molecule has 126 valence electrons. The molecule has 0 radical (unpaired) electrons. The molecule has 2 heterocycles. The van der Waals surface area contributed by atoms with Gasteiger partial charge in [-0.15, -0.1) is 0 Å². The van der Waals surface area contributed by atoms with Crippen molar-refractivity contribution < 1.29 is 13.9 Å². The van der Waals surface area contributed by atoms with E-state index >= 15 is 0 Å². The minimum absolute atomic E-state index is 0.0435. The van der Waals surface area contributed by atoms with Gasteiger partial charge in [-0.25, -0.2) is 4.79 Å². The van der Waals surface area contributed by atoms with Crippen molar-refractivity contribution in [3.63, 3.8) is 0 Å². The Labute approximate surface area is 145 Å². The summed E-state index contributed by atoms with van der Waals surface area (Å²) in [5.41, 5.74) is 2.71. The second kappa shape index (κ2) is 5.55. The molecule has 2 unspecified atom stereocenters. The monoisotopic (exact) mass is 334 g/mol. The smallest absolute Gasteiger partial charge is 0.339 e. The molecule has 5 rings (SSSR count). The minimum atomic E-state index is -0.541. The fourth-order valence-corrected chi connectivity index (χ4v) is 4.35. The summed E-state index contributed by atoms with van der Waals surface area (Å²) in [6.07, 6.45) is 0.523. The van der Waals surface area contributed by atoms with Crippen LogP contribution in [0, 0.1) is 0 Å². The van der Waals surface area contributed by atoms with Gasteiger partial charge in [0.15, 0.2) is 0 Å². The molecule has 3 aromatic rings. The predicted octanol–water partition coefficient (Wildman–Crippen LogP) is 3.27. The highest BCUT2D eigenvalue weighted by atomic mass is 16.6. The molecule has 0 bridgehead atoms. The molecule has 4 nitrogen and oxygen atoms in total. The van der Waals surface area contributed by atoms with Gasteiger partial charge in [-0.3, -0.25) is 0 Å². The molecular weight excluding hydrogens is 316 g/mol. The Kier molecular flexibility index (Phi) is 3.30. The molecule has 1 aromatic heterocycles. The zero-order valence-electron chi connectivity index (χ0n) is 13.7. The van der Waals surface area contributed by atoms with Gasteiger partial charge >= 0.3 is 5.63 Å². The van der Waals surface area contributed by atoms with Gasteiger partial charge in [-0.05, 0) is 17.2 Å². The third-order valence-corrected chi connectivity index (χ3v) is 5.34. The van der Waals surface area contributed by atoms with Gasteiger partial charge in [0, 0.05) is 23.3 Å². The largest absolute Gasteiger partial charge is 0.423 e. The quantitative estimate of drug-likeness (QED) is 0.641. The molecule has 1 aliphatic heterocycles. The van der Waals surface area contributed by atoms with Crippen molar-refractivity contribution in [3.05, 3.63) is 81.7 Å². The Hall–Kier alpha value is -2.43. The van der Waals surface area contributed by atoms with Gasteiger partial charge in [0.05, 0.1) is 19.8 Å². The van der Waals surface area contributed by atoms with E-state index in [4.69, 9.17) is 13.9 Å². The van der Waals surface area contributed by atoms with Crippen molar-refractivity contribution in [1.29, 1.82) is 0 Å². The Bertz CT molecular complexity index is 984. The van der Waals surface area contributed by atoms with Gasteiger partial charge in [0.2, 0.25) is 0 Å². The van der Waals surface area contributed by atoms with Crippen LogP contribution in [-0.4, -0.2) is 25.4 Å². The van der Waals surface area contributed by atoms with Crippen LogP contribution < -0.4 is 5.63 Å². The lowest BCUT2D eigenvalue weighted by Crippen LogP contribution is -2.47. The summed E-state index contributed by atoms with van der Waals surface area (Å²) in [4.78, 5) is 12.7. The van der Waals surface area contributed by atoms with E-state index in [9.17, 15) is 4.79 Å². The summed E-state index contributed by atoms with van der Waals surface area (Å²) in [5.74, 6) is -0.0435. The fraction of sp³-hybridized carbons (Fsp3) is 0.286. The topological polar surface area (TPSA) is 48.7 Å². The van der Waals surface area contributed by atoms with Crippen LogP contribution in [0.5, 0.6) is 0 Å². The highest BCUT2D eigenvalue weighted by Crippen LogP contribution is 2.49. The lowest BCUT2D eigenvalue weighted by atomic mass is 9.81. The summed E-state index contributed by atoms with van der Waals surface area (Å²) in [6.45, 7) is 1.62. The second-order valence-corrected chi connectivity index (χ2v) is 6.76. The number of ether oxygens (including phenoxy) is 2. The fourth-order valence-electron chi connectivity index (χ4n) is 4.35. The third-order valence-electron chi connectivity index (χ3n) is 5.34. The Morgan fingerprint density at radius 3 is 2.56 bits per heavy atom. The molecule has 0 amide bonds. The molecule has 0 N–H and O–H groups in total. The lowest BCUT2D eigenvalue weighted by Gasteiger charge is -2.39. The van der Waals surface area contributed by atoms with E-state index in [1.165, 1.54) is 0 Å². The van der Waals surface area contributed by atoms with Crippen molar-refractivity contribution in [2.45, 2.75) is 17.9 Å². The van der Waals surface area contributed by atoms with Crippen LogP contribution in [0.15, 0.2) is 63.8 Å².